The van der Waals surface area contributed by atoms with Gasteiger partial charge in [-0.25, -0.2) is 10.2 Å². The van der Waals surface area contributed by atoms with Crippen LogP contribution in [0.1, 0.15) is 10.5 Å². The maximum atomic E-state index is 12.1. The highest BCUT2D eigenvalue weighted by molar-refractivity contribution is 6.31. The van der Waals surface area contributed by atoms with E-state index in [1.165, 1.54) is 0 Å². The van der Waals surface area contributed by atoms with Crippen LogP contribution in [-0.2, 0) is 4.74 Å². The molecule has 2 heterocycles. The first-order valence-electron chi connectivity index (χ1n) is 6.85. The highest BCUT2D eigenvalue weighted by Crippen LogP contribution is 2.19. The molecule has 0 atom stereocenters. The van der Waals surface area contributed by atoms with Crippen molar-refractivity contribution in [3.05, 3.63) is 35.0 Å². The molecular weight excluding hydrogens is 308 g/mol. The molecule has 7 nitrogen and oxygen atoms in total. The summed E-state index contributed by atoms with van der Waals surface area (Å²) in [5.74, 6) is -0.422. The molecule has 0 bridgehead atoms. The molecule has 22 heavy (non-hydrogen) atoms. The van der Waals surface area contributed by atoms with Crippen LogP contribution in [0.25, 0.3) is 10.9 Å². The third kappa shape index (κ3) is 3.15. The lowest BCUT2D eigenvalue weighted by Crippen LogP contribution is -2.52. The van der Waals surface area contributed by atoms with Crippen molar-refractivity contribution in [2.45, 2.75) is 0 Å². The van der Waals surface area contributed by atoms with Crippen LogP contribution in [-0.4, -0.2) is 48.1 Å². The zero-order valence-corrected chi connectivity index (χ0v) is 12.4. The second-order valence-corrected chi connectivity index (χ2v) is 5.33. The van der Waals surface area contributed by atoms with Gasteiger partial charge < -0.3 is 14.6 Å². The summed E-state index contributed by atoms with van der Waals surface area (Å²) in [5, 5.41) is 1.43. The number of carbonyl (C=O) groups is 2. The van der Waals surface area contributed by atoms with Crippen LogP contribution in [0.5, 0.6) is 0 Å². The highest BCUT2D eigenvalue weighted by atomic mass is 35.5. The van der Waals surface area contributed by atoms with Crippen molar-refractivity contribution in [1.29, 1.82) is 0 Å². The number of carbonyl (C=O) groups excluding carboxylic acids is 2. The van der Waals surface area contributed by atoms with Crippen LogP contribution in [0.4, 0.5) is 4.79 Å². The van der Waals surface area contributed by atoms with E-state index in [9.17, 15) is 9.59 Å². The predicted octanol–water partition coefficient (Wildman–Crippen LogP) is 1.51. The number of ether oxygens (including phenoxy) is 1. The van der Waals surface area contributed by atoms with Crippen molar-refractivity contribution >= 4 is 34.4 Å². The van der Waals surface area contributed by atoms with E-state index in [1.54, 1.807) is 29.2 Å². The third-order valence-electron chi connectivity index (χ3n) is 3.41. The van der Waals surface area contributed by atoms with Crippen molar-refractivity contribution in [1.82, 2.24) is 20.7 Å². The topological polar surface area (TPSA) is 86.5 Å². The molecule has 1 aromatic heterocycles. The van der Waals surface area contributed by atoms with Crippen molar-refractivity contribution in [2.24, 2.45) is 0 Å². The number of H-pyrrole nitrogens is 1. The summed E-state index contributed by atoms with van der Waals surface area (Å²) >= 11 is 5.91. The van der Waals surface area contributed by atoms with E-state index in [1.807, 2.05) is 0 Å². The number of aromatic nitrogens is 1. The minimum Gasteiger partial charge on any atom is -0.378 e. The summed E-state index contributed by atoms with van der Waals surface area (Å²) in [4.78, 5) is 28.5. The second-order valence-electron chi connectivity index (χ2n) is 4.90. The molecule has 0 radical (unpaired) electrons. The van der Waals surface area contributed by atoms with Crippen LogP contribution in [0, 0.1) is 0 Å². The Bertz CT molecular complexity index is 709. The van der Waals surface area contributed by atoms with Crippen molar-refractivity contribution in [3.63, 3.8) is 0 Å². The van der Waals surface area contributed by atoms with Crippen LogP contribution >= 0.6 is 11.6 Å². The molecule has 8 heteroatoms. The van der Waals surface area contributed by atoms with Gasteiger partial charge in [0.25, 0.3) is 5.91 Å². The van der Waals surface area contributed by atoms with E-state index in [2.05, 4.69) is 15.8 Å². The number of hydrazine groups is 1. The van der Waals surface area contributed by atoms with Gasteiger partial charge in [-0.3, -0.25) is 10.2 Å². The lowest BCUT2D eigenvalue weighted by Gasteiger charge is -2.26. The maximum Gasteiger partial charge on any atom is 0.336 e. The molecule has 1 fully saturated rings. The van der Waals surface area contributed by atoms with Gasteiger partial charge in [-0.1, -0.05) is 11.6 Å². The number of halogens is 1. The molecule has 1 aliphatic rings. The number of benzene rings is 1. The smallest absolute Gasteiger partial charge is 0.336 e. The average molecular weight is 323 g/mol. The monoisotopic (exact) mass is 322 g/mol. The van der Waals surface area contributed by atoms with E-state index < -0.39 is 5.91 Å². The number of amides is 3. The fourth-order valence-corrected chi connectivity index (χ4v) is 2.43. The molecule has 3 N–H and O–H groups in total. The first-order chi connectivity index (χ1) is 10.6. The Morgan fingerprint density at radius 3 is 2.73 bits per heavy atom. The summed E-state index contributed by atoms with van der Waals surface area (Å²) in [5.41, 5.74) is 5.93. The summed E-state index contributed by atoms with van der Waals surface area (Å²) in [6.07, 6.45) is 0. The Morgan fingerprint density at radius 1 is 1.18 bits per heavy atom. The number of rotatable bonds is 1. The third-order valence-corrected chi connectivity index (χ3v) is 3.64. The normalized spacial score (nSPS) is 14.9. The molecule has 1 aliphatic heterocycles. The van der Waals surface area contributed by atoms with Crippen molar-refractivity contribution < 1.29 is 14.3 Å². The molecule has 3 rings (SSSR count). The van der Waals surface area contributed by atoms with Crippen LogP contribution in [0.2, 0.25) is 5.02 Å². The van der Waals surface area contributed by atoms with E-state index in [4.69, 9.17) is 16.3 Å². The lowest BCUT2D eigenvalue weighted by molar-refractivity contribution is 0.0519. The Kier molecular flexibility index (Phi) is 4.17. The van der Waals surface area contributed by atoms with Crippen LogP contribution in [0.3, 0.4) is 0 Å². The van der Waals surface area contributed by atoms with Gasteiger partial charge in [0, 0.05) is 29.0 Å². The molecule has 0 aliphatic carbocycles. The number of nitrogens with one attached hydrogen (secondary N) is 3. The Hall–Kier alpha value is -2.25. The average Bonchev–Trinajstić information content (AvgIpc) is 2.96. The molecule has 1 saturated heterocycles. The zero-order chi connectivity index (χ0) is 15.5. The van der Waals surface area contributed by atoms with E-state index in [-0.39, 0.29) is 6.03 Å². The largest absolute Gasteiger partial charge is 0.378 e. The molecule has 0 unspecified atom stereocenters. The second kappa shape index (κ2) is 6.25. The highest BCUT2D eigenvalue weighted by Gasteiger charge is 2.17. The van der Waals surface area contributed by atoms with Gasteiger partial charge in [-0.15, -0.1) is 0 Å². The summed E-state index contributed by atoms with van der Waals surface area (Å²) < 4.78 is 5.16. The SMILES string of the molecule is O=C(NNC(=O)N1CCOCC1)c1cc2cc(Cl)ccc2[nH]1. The maximum absolute atomic E-state index is 12.1. The van der Waals surface area contributed by atoms with Gasteiger partial charge in [0.2, 0.25) is 0 Å². The van der Waals surface area contributed by atoms with Gasteiger partial charge in [0.1, 0.15) is 5.69 Å². The van der Waals surface area contributed by atoms with Crippen molar-refractivity contribution in [3.8, 4) is 0 Å². The summed E-state index contributed by atoms with van der Waals surface area (Å²) in [7, 11) is 0. The zero-order valence-electron chi connectivity index (χ0n) is 11.7. The van der Waals surface area contributed by atoms with Gasteiger partial charge >= 0.3 is 6.03 Å². The quantitative estimate of drug-likeness (QED) is 0.696. The Morgan fingerprint density at radius 2 is 1.95 bits per heavy atom. The van der Waals surface area contributed by atoms with Crippen LogP contribution in [0.15, 0.2) is 24.3 Å². The number of morpholine rings is 1. The molecule has 3 amide bonds. The number of hydrogen-bond donors (Lipinski definition) is 3. The fraction of sp³-hybridized carbons (Fsp3) is 0.286. The molecule has 116 valence electrons. The molecular formula is C14H15ClN4O3. The predicted molar refractivity (Wildman–Crippen MR) is 81.7 cm³/mol. The first kappa shape index (κ1) is 14.7. The lowest BCUT2D eigenvalue weighted by atomic mass is 10.2. The van der Waals surface area contributed by atoms with E-state index >= 15 is 0 Å². The van der Waals surface area contributed by atoms with Gasteiger partial charge in [-0.05, 0) is 24.3 Å². The number of hydrogen-bond acceptors (Lipinski definition) is 3. The van der Waals surface area contributed by atoms with E-state index in [0.717, 1.165) is 10.9 Å². The molecule has 0 saturated carbocycles. The van der Waals surface area contributed by atoms with E-state index in [0.29, 0.717) is 37.0 Å². The van der Waals surface area contributed by atoms with Gasteiger partial charge in [0.15, 0.2) is 0 Å². The molecule has 0 spiro atoms. The van der Waals surface area contributed by atoms with Gasteiger partial charge in [0.05, 0.1) is 13.2 Å². The van der Waals surface area contributed by atoms with Crippen LogP contribution < -0.4 is 10.9 Å². The number of aromatic amines is 1. The Balaban J connectivity index is 1.61. The summed E-state index contributed by atoms with van der Waals surface area (Å²) in [6.45, 7) is 2.02. The van der Waals surface area contributed by atoms with Crippen molar-refractivity contribution in [2.75, 3.05) is 26.3 Å². The summed E-state index contributed by atoms with van der Waals surface area (Å²) in [6, 6.07) is 6.62. The first-order valence-corrected chi connectivity index (χ1v) is 7.22. The fourth-order valence-electron chi connectivity index (χ4n) is 2.25. The number of nitrogens with zero attached hydrogens (tertiary/aromatic N) is 1. The minimum absolute atomic E-state index is 0.347. The number of urea groups is 1. The minimum atomic E-state index is -0.422. The van der Waals surface area contributed by atoms with Gasteiger partial charge in [-0.2, -0.15) is 0 Å². The molecule has 2 aromatic rings. The Labute approximate surface area is 131 Å². The number of fused-ring (bicyclic) bond motifs is 1. The molecule has 1 aromatic carbocycles. The standard InChI is InChI=1S/C14H15ClN4O3/c15-10-1-2-11-9(7-10)8-12(16-11)13(20)17-18-14(21)19-3-5-22-6-4-19/h1-2,7-8,16H,3-6H2,(H,17,20)(H,18,21).